The lowest BCUT2D eigenvalue weighted by Crippen LogP contribution is -2.32. The summed E-state index contributed by atoms with van der Waals surface area (Å²) in [5, 5.41) is 16.4. The minimum absolute atomic E-state index is 0.106. The average Bonchev–Trinajstić information content (AvgIpc) is 2.56. The van der Waals surface area contributed by atoms with Crippen molar-refractivity contribution in [1.82, 2.24) is 5.32 Å². The largest absolute Gasteiger partial charge is 0.371 e. The normalized spacial score (nSPS) is 11.7. The van der Waals surface area contributed by atoms with Crippen LogP contribution in [0.1, 0.15) is 18.5 Å². The van der Waals surface area contributed by atoms with E-state index in [4.69, 9.17) is 23.2 Å². The van der Waals surface area contributed by atoms with Gasteiger partial charge in [0.1, 0.15) is 11.5 Å². The minimum atomic E-state index is -0.639. The van der Waals surface area contributed by atoms with Crippen LogP contribution in [0.2, 0.25) is 10.0 Å². The third kappa shape index (κ3) is 4.80. The molecular weight excluding hydrogens is 372 g/mol. The van der Waals surface area contributed by atoms with Gasteiger partial charge in [-0.2, -0.15) is 0 Å². The molecule has 132 valence electrons. The standard InChI is InChI=1S/C16H14Cl2FN3O3/c1-9(10-6-13(19)12(18)7-11(10)17)21-16(23)8-20-14-4-2-3-5-15(14)22(24)25/h2-7,9,20H,8H2,1H3,(H,21,23). The molecular formula is C16H14Cl2FN3O3. The summed E-state index contributed by atoms with van der Waals surface area (Å²) >= 11 is 11.7. The summed E-state index contributed by atoms with van der Waals surface area (Å²) in [5.41, 5.74) is 0.472. The number of nitrogens with one attached hydrogen (secondary N) is 2. The predicted molar refractivity (Wildman–Crippen MR) is 94.6 cm³/mol. The van der Waals surface area contributed by atoms with Gasteiger partial charge in [0.25, 0.3) is 5.69 Å². The number of nitro groups is 1. The van der Waals surface area contributed by atoms with E-state index in [0.717, 1.165) is 6.07 Å². The van der Waals surface area contributed by atoms with Crippen molar-refractivity contribution >= 4 is 40.5 Å². The van der Waals surface area contributed by atoms with E-state index < -0.39 is 22.7 Å². The summed E-state index contributed by atoms with van der Waals surface area (Å²) in [6, 6.07) is 7.83. The Hall–Kier alpha value is -2.38. The Morgan fingerprint density at radius 2 is 1.96 bits per heavy atom. The second kappa shape index (κ2) is 8.13. The second-order valence-corrected chi connectivity index (χ2v) is 6.02. The van der Waals surface area contributed by atoms with Crippen LogP contribution in [-0.2, 0) is 4.79 Å². The summed E-state index contributed by atoms with van der Waals surface area (Å²) in [6.45, 7) is 1.44. The highest BCUT2D eigenvalue weighted by Gasteiger charge is 2.17. The van der Waals surface area contributed by atoms with E-state index in [1.807, 2.05) is 0 Å². The van der Waals surface area contributed by atoms with Gasteiger partial charge in [-0.1, -0.05) is 35.3 Å². The lowest BCUT2D eigenvalue weighted by Gasteiger charge is -2.17. The van der Waals surface area contributed by atoms with Crippen LogP contribution in [0.25, 0.3) is 0 Å². The van der Waals surface area contributed by atoms with E-state index in [2.05, 4.69) is 10.6 Å². The zero-order chi connectivity index (χ0) is 18.6. The summed E-state index contributed by atoms with van der Waals surface area (Å²) in [5.74, 6) is -1.07. The molecule has 0 saturated carbocycles. The summed E-state index contributed by atoms with van der Waals surface area (Å²) < 4.78 is 13.6. The van der Waals surface area contributed by atoms with E-state index in [-0.39, 0.29) is 28.0 Å². The van der Waals surface area contributed by atoms with Crippen molar-refractivity contribution in [2.75, 3.05) is 11.9 Å². The van der Waals surface area contributed by atoms with Crippen molar-refractivity contribution in [3.8, 4) is 0 Å². The molecule has 6 nitrogen and oxygen atoms in total. The van der Waals surface area contributed by atoms with E-state index in [9.17, 15) is 19.3 Å². The van der Waals surface area contributed by atoms with Gasteiger partial charge in [-0.25, -0.2) is 4.39 Å². The molecule has 0 spiro atoms. The van der Waals surface area contributed by atoms with Crippen LogP contribution in [-0.4, -0.2) is 17.4 Å². The molecule has 0 radical (unpaired) electrons. The summed E-state index contributed by atoms with van der Waals surface area (Å²) in [6.07, 6.45) is 0. The van der Waals surface area contributed by atoms with Crippen LogP contribution in [0.5, 0.6) is 0 Å². The number of benzene rings is 2. The molecule has 0 aromatic heterocycles. The molecule has 2 aromatic carbocycles. The Morgan fingerprint density at radius 3 is 2.64 bits per heavy atom. The van der Waals surface area contributed by atoms with Crippen LogP contribution in [0.3, 0.4) is 0 Å². The van der Waals surface area contributed by atoms with Gasteiger partial charge in [0.15, 0.2) is 0 Å². The van der Waals surface area contributed by atoms with Gasteiger partial charge >= 0.3 is 0 Å². The fourth-order valence-corrected chi connectivity index (χ4v) is 2.74. The second-order valence-electron chi connectivity index (χ2n) is 5.20. The number of hydrogen-bond donors (Lipinski definition) is 2. The molecule has 0 aliphatic rings. The zero-order valence-corrected chi connectivity index (χ0v) is 14.6. The van der Waals surface area contributed by atoms with Crippen molar-refractivity contribution in [2.24, 2.45) is 0 Å². The third-order valence-corrected chi connectivity index (χ3v) is 4.04. The number of carbonyl (C=O) groups is 1. The van der Waals surface area contributed by atoms with Crippen LogP contribution < -0.4 is 10.6 Å². The molecule has 1 amide bonds. The van der Waals surface area contributed by atoms with Gasteiger partial charge < -0.3 is 10.6 Å². The van der Waals surface area contributed by atoms with E-state index in [0.29, 0.717) is 5.56 Å². The van der Waals surface area contributed by atoms with Crippen LogP contribution in [0, 0.1) is 15.9 Å². The molecule has 0 heterocycles. The van der Waals surface area contributed by atoms with Gasteiger partial charge in [-0.05, 0) is 30.7 Å². The molecule has 0 fully saturated rings. The zero-order valence-electron chi connectivity index (χ0n) is 13.1. The van der Waals surface area contributed by atoms with E-state index >= 15 is 0 Å². The number of nitro benzene ring substituents is 1. The first-order chi connectivity index (χ1) is 11.8. The Kier molecular flexibility index (Phi) is 6.17. The van der Waals surface area contributed by atoms with Crippen LogP contribution in [0.4, 0.5) is 15.8 Å². The first-order valence-corrected chi connectivity index (χ1v) is 7.96. The van der Waals surface area contributed by atoms with Gasteiger partial charge in [-0.15, -0.1) is 0 Å². The van der Waals surface area contributed by atoms with E-state index in [1.54, 1.807) is 13.0 Å². The molecule has 0 bridgehead atoms. The molecule has 0 aliphatic heterocycles. The first-order valence-electron chi connectivity index (χ1n) is 7.20. The minimum Gasteiger partial charge on any atom is -0.371 e. The first kappa shape index (κ1) is 19.0. The van der Waals surface area contributed by atoms with Crippen molar-refractivity contribution < 1.29 is 14.1 Å². The Morgan fingerprint density at radius 1 is 1.28 bits per heavy atom. The molecule has 2 N–H and O–H groups in total. The number of anilines is 1. The van der Waals surface area contributed by atoms with Crippen molar-refractivity contribution in [3.63, 3.8) is 0 Å². The smallest absolute Gasteiger partial charge is 0.292 e. The monoisotopic (exact) mass is 385 g/mol. The average molecular weight is 386 g/mol. The van der Waals surface area contributed by atoms with Gasteiger partial charge in [0.2, 0.25) is 5.91 Å². The fourth-order valence-electron chi connectivity index (χ4n) is 2.20. The highest BCUT2D eigenvalue weighted by Crippen LogP contribution is 2.28. The summed E-state index contributed by atoms with van der Waals surface area (Å²) in [7, 11) is 0. The lowest BCUT2D eigenvalue weighted by atomic mass is 10.1. The molecule has 25 heavy (non-hydrogen) atoms. The molecule has 2 aromatic rings. The molecule has 0 saturated heterocycles. The maximum Gasteiger partial charge on any atom is 0.292 e. The third-order valence-electron chi connectivity index (χ3n) is 3.42. The van der Waals surface area contributed by atoms with Gasteiger partial charge in [0, 0.05) is 11.1 Å². The fraction of sp³-hybridized carbons (Fsp3) is 0.188. The number of rotatable bonds is 6. The van der Waals surface area contributed by atoms with Crippen molar-refractivity contribution in [2.45, 2.75) is 13.0 Å². The predicted octanol–water partition coefficient (Wildman–Crippen LogP) is 4.33. The number of para-hydroxylation sites is 2. The Balaban J connectivity index is 2.01. The van der Waals surface area contributed by atoms with Crippen molar-refractivity contribution in [3.05, 3.63) is 67.9 Å². The highest BCUT2D eigenvalue weighted by molar-refractivity contribution is 6.35. The topological polar surface area (TPSA) is 84.3 Å². The van der Waals surface area contributed by atoms with Gasteiger partial charge in [-0.3, -0.25) is 14.9 Å². The van der Waals surface area contributed by atoms with Crippen LogP contribution >= 0.6 is 23.2 Å². The maximum atomic E-state index is 13.6. The molecule has 1 unspecified atom stereocenters. The van der Waals surface area contributed by atoms with Crippen molar-refractivity contribution in [1.29, 1.82) is 0 Å². The SMILES string of the molecule is CC(NC(=O)CNc1ccccc1[N+](=O)[O-])c1cc(F)c(Cl)cc1Cl. The lowest BCUT2D eigenvalue weighted by molar-refractivity contribution is -0.383. The Labute approximate surface area is 153 Å². The van der Waals surface area contributed by atoms with E-state index in [1.165, 1.54) is 24.3 Å². The number of halogens is 3. The molecule has 9 heteroatoms. The molecule has 2 rings (SSSR count). The van der Waals surface area contributed by atoms with Crippen LogP contribution in [0.15, 0.2) is 36.4 Å². The van der Waals surface area contributed by atoms with Gasteiger partial charge in [0.05, 0.1) is 22.5 Å². The maximum absolute atomic E-state index is 13.6. The molecule has 0 aliphatic carbocycles. The quantitative estimate of drug-likeness (QED) is 0.440. The number of nitrogens with zero attached hydrogens (tertiary/aromatic N) is 1. The highest BCUT2D eigenvalue weighted by atomic mass is 35.5. The number of amides is 1. The Bertz CT molecular complexity index is 817. The number of carbonyl (C=O) groups excluding carboxylic acids is 1. The summed E-state index contributed by atoms with van der Waals surface area (Å²) in [4.78, 5) is 22.4. The number of hydrogen-bond acceptors (Lipinski definition) is 4. The molecule has 1 atom stereocenters.